The largest absolute Gasteiger partial charge is 0.353 e. The molecule has 4 rings (SSSR count). The van der Waals surface area contributed by atoms with Gasteiger partial charge in [-0.15, -0.1) is 0 Å². The number of carbonyl (C=O) groups is 1. The minimum Gasteiger partial charge on any atom is -0.353 e. The predicted octanol–water partition coefficient (Wildman–Crippen LogP) is 4.22. The van der Waals surface area contributed by atoms with Crippen molar-refractivity contribution >= 4 is 5.91 Å². The highest BCUT2D eigenvalue weighted by Crippen LogP contribution is 2.36. The normalized spacial score (nSPS) is 28.3. The van der Waals surface area contributed by atoms with Crippen LogP contribution in [0.3, 0.4) is 0 Å². The lowest BCUT2D eigenvalue weighted by molar-refractivity contribution is -0.128. The molecule has 136 valence electrons. The molecule has 0 unspecified atom stereocenters. The fourth-order valence-corrected chi connectivity index (χ4v) is 5.18. The second kappa shape index (κ2) is 7.90. The fourth-order valence-electron chi connectivity index (χ4n) is 5.18. The zero-order valence-electron chi connectivity index (χ0n) is 15.4. The summed E-state index contributed by atoms with van der Waals surface area (Å²) in [6.07, 6.45) is 12.2. The molecule has 1 aromatic rings. The summed E-state index contributed by atoms with van der Waals surface area (Å²) in [6.45, 7) is 2.09. The van der Waals surface area contributed by atoms with Gasteiger partial charge in [0.15, 0.2) is 0 Å². The highest BCUT2D eigenvalue weighted by Gasteiger charge is 2.33. The van der Waals surface area contributed by atoms with Crippen LogP contribution in [0.2, 0.25) is 0 Å². The first-order valence-corrected chi connectivity index (χ1v) is 10.4. The SMILES string of the molecule is O=C(NC1CCCCC1)[C@@H]1CCCN([C@H]2CCCc3ccccc32)C1. The van der Waals surface area contributed by atoms with Crippen LogP contribution in [0, 0.1) is 5.92 Å². The molecule has 2 atom stereocenters. The zero-order valence-corrected chi connectivity index (χ0v) is 15.4. The van der Waals surface area contributed by atoms with Crippen molar-refractivity contribution in [2.45, 2.75) is 76.3 Å². The Bertz CT molecular complexity index is 593. The second-order valence-electron chi connectivity index (χ2n) is 8.28. The number of hydrogen-bond acceptors (Lipinski definition) is 2. The van der Waals surface area contributed by atoms with E-state index in [2.05, 4.69) is 34.5 Å². The highest BCUT2D eigenvalue weighted by atomic mass is 16.2. The molecule has 3 nitrogen and oxygen atoms in total. The van der Waals surface area contributed by atoms with Gasteiger partial charge in [-0.25, -0.2) is 0 Å². The van der Waals surface area contributed by atoms with Crippen LogP contribution >= 0.6 is 0 Å². The van der Waals surface area contributed by atoms with Crippen LogP contribution < -0.4 is 5.32 Å². The summed E-state index contributed by atoms with van der Waals surface area (Å²) in [5, 5.41) is 3.37. The molecule has 1 amide bonds. The van der Waals surface area contributed by atoms with E-state index in [9.17, 15) is 4.79 Å². The van der Waals surface area contributed by atoms with Crippen molar-refractivity contribution in [1.29, 1.82) is 0 Å². The molecule has 0 radical (unpaired) electrons. The number of likely N-dealkylation sites (tertiary alicyclic amines) is 1. The first kappa shape index (κ1) is 17.1. The number of hydrogen-bond donors (Lipinski definition) is 1. The van der Waals surface area contributed by atoms with Crippen molar-refractivity contribution in [3.05, 3.63) is 35.4 Å². The van der Waals surface area contributed by atoms with Gasteiger partial charge in [0.2, 0.25) is 5.91 Å². The summed E-state index contributed by atoms with van der Waals surface area (Å²) >= 11 is 0. The van der Waals surface area contributed by atoms with E-state index in [-0.39, 0.29) is 5.92 Å². The Balaban J connectivity index is 1.40. The fraction of sp³-hybridized carbons (Fsp3) is 0.682. The Kier molecular flexibility index (Phi) is 5.40. The third kappa shape index (κ3) is 3.92. The number of nitrogens with zero attached hydrogens (tertiary/aromatic N) is 1. The number of piperidine rings is 1. The first-order chi connectivity index (χ1) is 12.3. The molecule has 1 aliphatic heterocycles. The van der Waals surface area contributed by atoms with Crippen molar-refractivity contribution in [3.63, 3.8) is 0 Å². The van der Waals surface area contributed by atoms with Crippen molar-refractivity contribution in [2.24, 2.45) is 5.92 Å². The van der Waals surface area contributed by atoms with Crippen molar-refractivity contribution in [1.82, 2.24) is 10.2 Å². The number of aryl methyl sites for hydroxylation is 1. The van der Waals surface area contributed by atoms with Crippen molar-refractivity contribution in [3.8, 4) is 0 Å². The van der Waals surface area contributed by atoms with Gasteiger partial charge in [-0.3, -0.25) is 9.69 Å². The van der Waals surface area contributed by atoms with Gasteiger partial charge < -0.3 is 5.32 Å². The lowest BCUT2D eigenvalue weighted by Gasteiger charge is -2.40. The molecule has 1 N–H and O–H groups in total. The van der Waals surface area contributed by atoms with Crippen LogP contribution in [-0.2, 0) is 11.2 Å². The van der Waals surface area contributed by atoms with Crippen molar-refractivity contribution in [2.75, 3.05) is 13.1 Å². The first-order valence-electron chi connectivity index (χ1n) is 10.4. The van der Waals surface area contributed by atoms with Crippen LogP contribution in [0.4, 0.5) is 0 Å². The summed E-state index contributed by atoms with van der Waals surface area (Å²) in [6, 6.07) is 9.90. The molecule has 1 aromatic carbocycles. The summed E-state index contributed by atoms with van der Waals surface area (Å²) in [5.74, 6) is 0.505. The molecule has 2 fully saturated rings. The molecule has 0 bridgehead atoms. The van der Waals surface area contributed by atoms with Gasteiger partial charge >= 0.3 is 0 Å². The minimum absolute atomic E-state index is 0.185. The minimum atomic E-state index is 0.185. The van der Waals surface area contributed by atoms with Gasteiger partial charge in [-0.05, 0) is 62.6 Å². The van der Waals surface area contributed by atoms with E-state index in [1.165, 1.54) is 62.5 Å². The Hall–Kier alpha value is -1.35. The van der Waals surface area contributed by atoms with E-state index in [4.69, 9.17) is 0 Å². The zero-order chi connectivity index (χ0) is 17.1. The van der Waals surface area contributed by atoms with E-state index in [0.29, 0.717) is 18.0 Å². The van der Waals surface area contributed by atoms with Crippen LogP contribution in [-0.4, -0.2) is 29.9 Å². The molecule has 1 saturated carbocycles. The summed E-state index contributed by atoms with van der Waals surface area (Å²) in [4.78, 5) is 15.4. The average Bonchev–Trinajstić information content (AvgIpc) is 2.68. The van der Waals surface area contributed by atoms with Gasteiger partial charge in [0.25, 0.3) is 0 Å². The lowest BCUT2D eigenvalue weighted by Crippen LogP contribution is -2.47. The number of nitrogens with one attached hydrogen (secondary N) is 1. The topological polar surface area (TPSA) is 32.3 Å². The molecule has 0 spiro atoms. The van der Waals surface area contributed by atoms with Gasteiger partial charge in [-0.2, -0.15) is 0 Å². The maximum absolute atomic E-state index is 12.8. The second-order valence-corrected chi connectivity index (χ2v) is 8.28. The van der Waals surface area contributed by atoms with Gasteiger partial charge in [0, 0.05) is 18.6 Å². The van der Waals surface area contributed by atoms with E-state index in [1.54, 1.807) is 0 Å². The third-order valence-corrected chi connectivity index (χ3v) is 6.55. The number of rotatable bonds is 3. The Morgan fingerprint density at radius 3 is 2.68 bits per heavy atom. The highest BCUT2D eigenvalue weighted by molar-refractivity contribution is 5.79. The number of amides is 1. The Labute approximate surface area is 152 Å². The predicted molar refractivity (Wildman–Crippen MR) is 101 cm³/mol. The van der Waals surface area contributed by atoms with Crippen LogP contribution in [0.5, 0.6) is 0 Å². The monoisotopic (exact) mass is 340 g/mol. The Morgan fingerprint density at radius 2 is 1.80 bits per heavy atom. The smallest absolute Gasteiger partial charge is 0.224 e. The van der Waals surface area contributed by atoms with E-state index in [0.717, 1.165) is 25.9 Å². The average molecular weight is 341 g/mol. The molecular formula is C22H32N2O. The standard InChI is InChI=1S/C22H32N2O/c25-22(23-19-11-2-1-3-12-19)18-10-7-15-24(16-18)21-14-6-9-17-8-4-5-13-20(17)21/h4-5,8,13,18-19,21H,1-3,6-7,9-12,14-16H2,(H,23,25)/t18-,21+/m1/s1. The maximum atomic E-state index is 12.8. The molecule has 3 heteroatoms. The molecule has 0 aromatic heterocycles. The number of fused-ring (bicyclic) bond motifs is 1. The molecule has 1 heterocycles. The van der Waals surface area contributed by atoms with E-state index >= 15 is 0 Å². The quantitative estimate of drug-likeness (QED) is 0.893. The number of carbonyl (C=O) groups excluding carboxylic acids is 1. The summed E-state index contributed by atoms with van der Waals surface area (Å²) < 4.78 is 0. The summed E-state index contributed by atoms with van der Waals surface area (Å²) in [5.41, 5.74) is 3.04. The molecule has 3 aliphatic rings. The maximum Gasteiger partial charge on any atom is 0.224 e. The third-order valence-electron chi connectivity index (χ3n) is 6.55. The van der Waals surface area contributed by atoms with Gasteiger partial charge in [-0.1, -0.05) is 43.5 Å². The van der Waals surface area contributed by atoms with Crippen LogP contribution in [0.15, 0.2) is 24.3 Å². The van der Waals surface area contributed by atoms with E-state index in [1.807, 2.05) is 0 Å². The summed E-state index contributed by atoms with van der Waals surface area (Å²) in [7, 11) is 0. The lowest BCUT2D eigenvalue weighted by atomic mass is 9.85. The molecule has 2 aliphatic carbocycles. The van der Waals surface area contributed by atoms with Crippen LogP contribution in [0.25, 0.3) is 0 Å². The van der Waals surface area contributed by atoms with Crippen molar-refractivity contribution < 1.29 is 4.79 Å². The Morgan fingerprint density at radius 1 is 0.960 bits per heavy atom. The molecular weight excluding hydrogens is 308 g/mol. The molecule has 1 saturated heterocycles. The van der Waals surface area contributed by atoms with Gasteiger partial charge in [0.05, 0.1) is 5.92 Å². The number of benzene rings is 1. The van der Waals surface area contributed by atoms with Crippen LogP contribution in [0.1, 0.15) is 75.0 Å². The van der Waals surface area contributed by atoms with Gasteiger partial charge in [0.1, 0.15) is 0 Å². The molecule has 25 heavy (non-hydrogen) atoms. The van der Waals surface area contributed by atoms with E-state index < -0.39 is 0 Å².